The van der Waals surface area contributed by atoms with Crippen LogP contribution in [0.3, 0.4) is 0 Å². The van der Waals surface area contributed by atoms with Crippen molar-refractivity contribution in [2.75, 3.05) is 13.7 Å². The van der Waals surface area contributed by atoms with Crippen molar-refractivity contribution in [3.8, 4) is 11.1 Å². The van der Waals surface area contributed by atoms with Gasteiger partial charge in [0.05, 0.1) is 15.8 Å². The molecule has 0 saturated carbocycles. The Hall–Kier alpha value is -2.67. The minimum Gasteiger partial charge on any atom is -0.447 e. The summed E-state index contributed by atoms with van der Waals surface area (Å²) < 4.78 is 29.6. The Morgan fingerprint density at radius 3 is 3.00 bits per heavy atom. The summed E-state index contributed by atoms with van der Waals surface area (Å²) in [7, 11) is 1.78. The van der Waals surface area contributed by atoms with Crippen LogP contribution < -0.4 is 4.87 Å². The molecule has 0 bridgehead atoms. The maximum atomic E-state index is 12.2. The van der Waals surface area contributed by atoms with E-state index in [1.54, 1.807) is 18.0 Å². The van der Waals surface area contributed by atoms with Gasteiger partial charge in [-0.05, 0) is 41.7 Å². The van der Waals surface area contributed by atoms with Crippen molar-refractivity contribution in [1.82, 2.24) is 14.5 Å². The molecule has 7 heteroatoms. The van der Waals surface area contributed by atoms with Crippen LogP contribution in [-0.4, -0.2) is 39.7 Å². The van der Waals surface area contributed by atoms with Crippen LogP contribution in [0.1, 0.15) is 21.7 Å². The molecule has 1 aliphatic heterocycles. The zero-order valence-electron chi connectivity index (χ0n) is 17.7. The number of likely N-dealkylation sites (N-methyl/N-ethyl adjacent to an activating group) is 1. The number of rotatable bonds is 1. The number of benzene rings is 1. The van der Waals surface area contributed by atoms with E-state index in [4.69, 9.17) is 8.85 Å². The standard InChI is InChI=1S/C20H19N3O3S/c1-22-16-4-3-12(7-17(16)27-19(22)25)15-10-21-9-13-8-20(6-5-14(13)15)11-26-18(24)23(20)2/h3-4,7,9-10H,5-6,8,11H2,1-2H3/i1D3. The molecule has 1 amide bonds. The molecule has 3 aromatic rings. The molecule has 6 nitrogen and oxygen atoms in total. The number of hydrogen-bond donors (Lipinski definition) is 0. The van der Waals surface area contributed by atoms with E-state index >= 15 is 0 Å². The van der Waals surface area contributed by atoms with Crippen molar-refractivity contribution >= 4 is 27.6 Å². The number of hydrogen-bond acceptors (Lipinski definition) is 5. The second-order valence-corrected chi connectivity index (χ2v) is 8.22. The van der Waals surface area contributed by atoms with E-state index < -0.39 is 11.8 Å². The first kappa shape index (κ1) is 13.5. The third kappa shape index (κ3) is 2.34. The molecule has 1 aliphatic carbocycles. The fraction of sp³-hybridized carbons (Fsp3) is 0.350. The summed E-state index contributed by atoms with van der Waals surface area (Å²) in [4.78, 5) is 29.7. The summed E-state index contributed by atoms with van der Waals surface area (Å²) in [5.41, 5.74) is 4.20. The Labute approximate surface area is 164 Å². The maximum Gasteiger partial charge on any atom is 0.410 e. The van der Waals surface area contributed by atoms with Crippen molar-refractivity contribution in [2.45, 2.75) is 24.8 Å². The molecule has 1 saturated heterocycles. The van der Waals surface area contributed by atoms with Crippen LogP contribution in [-0.2, 0) is 24.6 Å². The smallest absolute Gasteiger partial charge is 0.410 e. The summed E-state index contributed by atoms with van der Waals surface area (Å²) in [5, 5.41) is 0. The highest BCUT2D eigenvalue weighted by atomic mass is 32.1. The van der Waals surface area contributed by atoms with Gasteiger partial charge in [0.15, 0.2) is 0 Å². The summed E-state index contributed by atoms with van der Waals surface area (Å²) in [6.45, 7) is -2.12. The Morgan fingerprint density at radius 1 is 1.33 bits per heavy atom. The van der Waals surface area contributed by atoms with Crippen LogP contribution in [0.15, 0.2) is 35.4 Å². The lowest BCUT2D eigenvalue weighted by Gasteiger charge is -2.37. The van der Waals surface area contributed by atoms with Crippen LogP contribution in [0.25, 0.3) is 21.3 Å². The lowest BCUT2D eigenvalue weighted by Crippen LogP contribution is -2.49. The highest BCUT2D eigenvalue weighted by Crippen LogP contribution is 2.40. The Bertz CT molecular complexity index is 1250. The van der Waals surface area contributed by atoms with Crippen molar-refractivity contribution in [2.24, 2.45) is 6.98 Å². The Morgan fingerprint density at radius 2 is 2.22 bits per heavy atom. The van der Waals surface area contributed by atoms with E-state index in [1.165, 1.54) is 5.56 Å². The number of aryl methyl sites for hydroxylation is 1. The lowest BCUT2D eigenvalue weighted by molar-refractivity contribution is 0.160. The number of pyridine rings is 1. The molecule has 1 fully saturated rings. The van der Waals surface area contributed by atoms with E-state index in [1.807, 2.05) is 24.5 Å². The topological polar surface area (TPSA) is 64.4 Å². The predicted octanol–water partition coefficient (Wildman–Crippen LogP) is 2.97. The molecule has 0 radical (unpaired) electrons. The van der Waals surface area contributed by atoms with Crippen LogP contribution in [0, 0.1) is 0 Å². The van der Waals surface area contributed by atoms with Crippen molar-refractivity contribution in [1.29, 1.82) is 0 Å². The summed E-state index contributed by atoms with van der Waals surface area (Å²) >= 11 is 0.934. The quantitative estimate of drug-likeness (QED) is 0.647. The van der Waals surface area contributed by atoms with Crippen molar-refractivity contribution in [3.63, 3.8) is 0 Å². The monoisotopic (exact) mass is 384 g/mol. The normalized spacial score (nSPS) is 23.8. The van der Waals surface area contributed by atoms with E-state index in [0.29, 0.717) is 23.2 Å². The summed E-state index contributed by atoms with van der Waals surface area (Å²) in [6, 6.07) is 5.39. The SMILES string of the molecule is [2H]C([2H])([2H])n1c(=O)sc2cc(-c3cncc4c3CCC3(COC(=O)N3C)C4)ccc21. The third-order valence-electron chi connectivity index (χ3n) is 5.85. The van der Waals surface area contributed by atoms with E-state index in [9.17, 15) is 9.59 Å². The lowest BCUT2D eigenvalue weighted by atomic mass is 9.76. The average molecular weight is 384 g/mol. The molecule has 27 heavy (non-hydrogen) atoms. The Kier molecular flexibility index (Phi) is 2.83. The molecular weight excluding hydrogens is 362 g/mol. The number of carbonyl (C=O) groups excluding carboxylic acids is 1. The third-order valence-corrected chi connectivity index (χ3v) is 6.75. The minimum atomic E-state index is -2.51. The number of amides is 1. The second kappa shape index (κ2) is 5.66. The first-order chi connectivity index (χ1) is 14.2. The van der Waals surface area contributed by atoms with E-state index in [0.717, 1.165) is 45.4 Å². The molecule has 1 aromatic carbocycles. The number of cyclic esters (lactones) is 1. The number of carbonyl (C=O) groups is 1. The number of aromatic nitrogens is 2. The number of nitrogens with zero attached hydrogens (tertiary/aromatic N) is 3. The number of fused-ring (bicyclic) bond motifs is 2. The highest BCUT2D eigenvalue weighted by molar-refractivity contribution is 7.16. The molecular formula is C20H19N3O3S. The zero-order chi connectivity index (χ0) is 21.3. The van der Waals surface area contributed by atoms with Gasteiger partial charge in [-0.25, -0.2) is 4.79 Å². The van der Waals surface area contributed by atoms with Crippen molar-refractivity contribution in [3.05, 3.63) is 51.4 Å². The van der Waals surface area contributed by atoms with Crippen molar-refractivity contribution < 1.29 is 13.6 Å². The van der Waals surface area contributed by atoms with Gasteiger partial charge < -0.3 is 14.2 Å². The van der Waals surface area contributed by atoms with Crippen LogP contribution >= 0.6 is 11.3 Å². The molecule has 0 N–H and O–H groups in total. The summed E-state index contributed by atoms with van der Waals surface area (Å²) in [5.74, 6) is 0. The average Bonchev–Trinajstić information content (AvgIpc) is 3.18. The molecule has 138 valence electrons. The molecule has 1 atom stereocenters. The van der Waals surface area contributed by atoms with Gasteiger partial charge >= 0.3 is 11.0 Å². The maximum absolute atomic E-state index is 12.2. The van der Waals surface area contributed by atoms with E-state index in [2.05, 4.69) is 4.98 Å². The molecule has 2 aliphatic rings. The van der Waals surface area contributed by atoms with Gasteiger partial charge in [0.2, 0.25) is 0 Å². The van der Waals surface area contributed by atoms with Crippen LogP contribution in [0.2, 0.25) is 0 Å². The largest absolute Gasteiger partial charge is 0.447 e. The van der Waals surface area contributed by atoms with Crippen LogP contribution in [0.4, 0.5) is 4.79 Å². The molecule has 1 unspecified atom stereocenters. The fourth-order valence-electron chi connectivity index (χ4n) is 4.21. The molecule has 1 spiro atoms. The summed E-state index contributed by atoms with van der Waals surface area (Å²) in [6.07, 6.45) is 5.61. The van der Waals surface area contributed by atoms with Gasteiger partial charge in [0.1, 0.15) is 6.61 Å². The fourth-order valence-corrected chi connectivity index (χ4v) is 5.03. The predicted molar refractivity (Wildman–Crippen MR) is 104 cm³/mol. The minimum absolute atomic E-state index is 0.290. The van der Waals surface area contributed by atoms with Gasteiger partial charge in [0, 0.05) is 42.5 Å². The first-order valence-corrected chi connectivity index (χ1v) is 9.54. The second-order valence-electron chi connectivity index (χ2n) is 7.23. The van der Waals surface area contributed by atoms with Gasteiger partial charge in [-0.15, -0.1) is 0 Å². The van der Waals surface area contributed by atoms with Gasteiger partial charge in [-0.3, -0.25) is 9.78 Å². The highest BCUT2D eigenvalue weighted by Gasteiger charge is 2.47. The molecule has 2 aromatic heterocycles. The number of thiazole rings is 1. The first-order valence-electron chi connectivity index (χ1n) is 10.2. The zero-order valence-corrected chi connectivity index (χ0v) is 15.5. The molecule has 3 heterocycles. The number of ether oxygens (including phenoxy) is 1. The Balaban J connectivity index is 1.58. The van der Waals surface area contributed by atoms with Crippen LogP contribution in [0.5, 0.6) is 0 Å². The van der Waals surface area contributed by atoms with Gasteiger partial charge in [0.25, 0.3) is 0 Å². The molecule has 5 rings (SSSR count). The van der Waals surface area contributed by atoms with Gasteiger partial charge in [-0.2, -0.15) is 0 Å². The van der Waals surface area contributed by atoms with Gasteiger partial charge in [-0.1, -0.05) is 17.4 Å². The van der Waals surface area contributed by atoms with E-state index in [-0.39, 0.29) is 11.6 Å².